The average Bonchev–Trinajstić information content (AvgIpc) is 2.49. The number of hydrogen-bond donors (Lipinski definition) is 0. The summed E-state index contributed by atoms with van der Waals surface area (Å²) in [5.74, 6) is 0. The van der Waals surface area contributed by atoms with Gasteiger partial charge < -0.3 is 0 Å². The standard InChI is InChI=1S/C19H23NO2S/c1-4-13-20(15-18-8-6-5-7-16(18)2)14-17-9-11-19(12-10-17)23(3,21)22/h4-12H,1,13-15H2,2-3H3. The second kappa shape index (κ2) is 7.57. The van der Waals surface area contributed by atoms with Crippen molar-refractivity contribution >= 4 is 9.84 Å². The highest BCUT2D eigenvalue weighted by Gasteiger charge is 2.09. The molecule has 23 heavy (non-hydrogen) atoms. The van der Waals surface area contributed by atoms with E-state index in [-0.39, 0.29) is 0 Å². The Labute approximate surface area is 139 Å². The van der Waals surface area contributed by atoms with Crippen molar-refractivity contribution in [2.75, 3.05) is 12.8 Å². The quantitative estimate of drug-likeness (QED) is 0.729. The molecule has 2 aromatic carbocycles. The fraction of sp³-hybridized carbons (Fsp3) is 0.263. The van der Waals surface area contributed by atoms with Gasteiger partial charge in [-0.05, 0) is 35.7 Å². The van der Waals surface area contributed by atoms with E-state index in [0.717, 1.165) is 25.2 Å². The van der Waals surface area contributed by atoms with Gasteiger partial charge in [0.25, 0.3) is 0 Å². The molecule has 0 aromatic heterocycles. The van der Waals surface area contributed by atoms with E-state index in [9.17, 15) is 8.42 Å². The summed E-state index contributed by atoms with van der Waals surface area (Å²) in [6.07, 6.45) is 3.12. The molecule has 0 aliphatic carbocycles. The molecule has 0 aliphatic rings. The van der Waals surface area contributed by atoms with Gasteiger partial charge in [-0.15, -0.1) is 6.58 Å². The maximum absolute atomic E-state index is 11.5. The van der Waals surface area contributed by atoms with E-state index >= 15 is 0 Å². The van der Waals surface area contributed by atoms with Crippen molar-refractivity contribution in [3.8, 4) is 0 Å². The molecule has 0 spiro atoms. The molecule has 0 amide bonds. The van der Waals surface area contributed by atoms with Crippen molar-refractivity contribution in [2.24, 2.45) is 0 Å². The third kappa shape index (κ3) is 5.05. The van der Waals surface area contributed by atoms with E-state index in [1.54, 1.807) is 12.1 Å². The van der Waals surface area contributed by atoms with Gasteiger partial charge in [-0.25, -0.2) is 8.42 Å². The van der Waals surface area contributed by atoms with Crippen molar-refractivity contribution < 1.29 is 8.42 Å². The smallest absolute Gasteiger partial charge is 0.175 e. The topological polar surface area (TPSA) is 37.4 Å². The van der Waals surface area contributed by atoms with Crippen LogP contribution in [0.4, 0.5) is 0 Å². The Kier molecular flexibility index (Phi) is 5.74. The second-order valence-corrected chi connectivity index (χ2v) is 7.82. The molecule has 0 aliphatic heterocycles. The van der Waals surface area contributed by atoms with Crippen LogP contribution in [0, 0.1) is 6.92 Å². The van der Waals surface area contributed by atoms with Gasteiger partial charge in [0.1, 0.15) is 0 Å². The Bertz CT molecular complexity index is 764. The van der Waals surface area contributed by atoms with Crippen LogP contribution in [0.15, 0.2) is 66.1 Å². The lowest BCUT2D eigenvalue weighted by Gasteiger charge is -2.22. The van der Waals surface area contributed by atoms with Crippen LogP contribution in [-0.2, 0) is 22.9 Å². The Morgan fingerprint density at radius 2 is 1.70 bits per heavy atom. The van der Waals surface area contributed by atoms with E-state index in [4.69, 9.17) is 0 Å². The molecule has 2 aromatic rings. The largest absolute Gasteiger partial charge is 0.291 e. The zero-order valence-electron chi connectivity index (χ0n) is 13.7. The van der Waals surface area contributed by atoms with Gasteiger partial charge in [-0.1, -0.05) is 42.5 Å². The van der Waals surface area contributed by atoms with E-state index in [1.165, 1.54) is 17.4 Å². The van der Waals surface area contributed by atoms with Crippen LogP contribution in [0.1, 0.15) is 16.7 Å². The first-order valence-corrected chi connectivity index (χ1v) is 9.46. The van der Waals surface area contributed by atoms with Crippen LogP contribution < -0.4 is 0 Å². The summed E-state index contributed by atoms with van der Waals surface area (Å²) in [7, 11) is -3.14. The molecule has 3 nitrogen and oxygen atoms in total. The minimum Gasteiger partial charge on any atom is -0.291 e. The zero-order chi connectivity index (χ0) is 16.9. The highest BCUT2D eigenvalue weighted by atomic mass is 32.2. The summed E-state index contributed by atoms with van der Waals surface area (Å²) in [5, 5.41) is 0. The fourth-order valence-corrected chi connectivity index (χ4v) is 3.13. The van der Waals surface area contributed by atoms with Crippen molar-refractivity contribution in [1.82, 2.24) is 4.90 Å². The normalized spacial score (nSPS) is 11.6. The molecule has 0 radical (unpaired) electrons. The van der Waals surface area contributed by atoms with Crippen LogP contribution >= 0.6 is 0 Å². The van der Waals surface area contributed by atoms with Crippen molar-refractivity contribution in [3.05, 3.63) is 77.9 Å². The van der Waals surface area contributed by atoms with Gasteiger partial charge in [-0.2, -0.15) is 0 Å². The highest BCUT2D eigenvalue weighted by molar-refractivity contribution is 7.90. The number of benzene rings is 2. The average molecular weight is 329 g/mol. The molecule has 0 bridgehead atoms. The van der Waals surface area contributed by atoms with Crippen molar-refractivity contribution in [3.63, 3.8) is 0 Å². The number of hydrogen-bond acceptors (Lipinski definition) is 3. The Balaban J connectivity index is 2.13. The van der Waals surface area contributed by atoms with Crippen molar-refractivity contribution in [2.45, 2.75) is 24.9 Å². The van der Waals surface area contributed by atoms with Crippen LogP contribution in [0.2, 0.25) is 0 Å². The van der Waals surface area contributed by atoms with Gasteiger partial charge in [0.2, 0.25) is 0 Å². The van der Waals surface area contributed by atoms with Gasteiger partial charge in [0.05, 0.1) is 4.90 Å². The highest BCUT2D eigenvalue weighted by Crippen LogP contribution is 2.15. The van der Waals surface area contributed by atoms with Crippen LogP contribution in [0.3, 0.4) is 0 Å². The lowest BCUT2D eigenvalue weighted by molar-refractivity contribution is 0.285. The van der Waals surface area contributed by atoms with Crippen molar-refractivity contribution in [1.29, 1.82) is 0 Å². The fourth-order valence-electron chi connectivity index (χ4n) is 2.50. The minimum atomic E-state index is -3.14. The molecular formula is C19H23NO2S. The van der Waals surface area contributed by atoms with Gasteiger partial charge in [-0.3, -0.25) is 4.90 Å². The molecule has 0 fully saturated rings. The minimum absolute atomic E-state index is 0.357. The SMILES string of the molecule is C=CCN(Cc1ccc(S(C)(=O)=O)cc1)Cc1ccccc1C. The molecule has 4 heteroatoms. The maximum atomic E-state index is 11.5. The molecule has 122 valence electrons. The first kappa shape index (κ1) is 17.4. The molecule has 0 saturated carbocycles. The monoisotopic (exact) mass is 329 g/mol. The molecular weight excluding hydrogens is 306 g/mol. The molecule has 0 unspecified atom stereocenters. The van der Waals surface area contributed by atoms with Gasteiger partial charge >= 0.3 is 0 Å². The molecule has 2 rings (SSSR count). The van der Waals surface area contributed by atoms with E-state index in [2.05, 4.69) is 36.6 Å². The summed E-state index contributed by atoms with van der Waals surface area (Å²) >= 11 is 0. The molecule has 0 heterocycles. The summed E-state index contributed by atoms with van der Waals surface area (Å²) < 4.78 is 23.0. The third-order valence-electron chi connectivity index (χ3n) is 3.80. The lowest BCUT2D eigenvalue weighted by atomic mass is 10.1. The first-order valence-electron chi connectivity index (χ1n) is 7.57. The van der Waals surface area contributed by atoms with E-state index in [0.29, 0.717) is 4.90 Å². The second-order valence-electron chi connectivity index (χ2n) is 5.80. The summed E-state index contributed by atoms with van der Waals surface area (Å²) in [4.78, 5) is 2.64. The predicted octanol–water partition coefficient (Wildman–Crippen LogP) is 3.59. The van der Waals surface area contributed by atoms with Crippen LogP contribution in [0.25, 0.3) is 0 Å². The number of sulfone groups is 1. The van der Waals surface area contributed by atoms with Gasteiger partial charge in [0.15, 0.2) is 9.84 Å². The number of aryl methyl sites for hydroxylation is 1. The molecule has 0 atom stereocenters. The Morgan fingerprint density at radius 3 is 2.26 bits per heavy atom. The molecule has 0 N–H and O–H groups in total. The third-order valence-corrected chi connectivity index (χ3v) is 4.93. The first-order chi connectivity index (χ1) is 10.9. The summed E-state index contributed by atoms with van der Waals surface area (Å²) in [5.41, 5.74) is 3.66. The molecule has 0 saturated heterocycles. The zero-order valence-corrected chi connectivity index (χ0v) is 14.5. The van der Waals surface area contributed by atoms with Gasteiger partial charge in [0, 0.05) is 25.9 Å². The van der Waals surface area contributed by atoms with Crippen LogP contribution in [-0.4, -0.2) is 26.1 Å². The summed E-state index contributed by atoms with van der Waals surface area (Å²) in [6.45, 7) is 8.32. The maximum Gasteiger partial charge on any atom is 0.175 e. The lowest BCUT2D eigenvalue weighted by Crippen LogP contribution is -2.23. The Hall–Kier alpha value is -1.91. The predicted molar refractivity (Wildman–Crippen MR) is 95.0 cm³/mol. The Morgan fingerprint density at radius 1 is 1.04 bits per heavy atom. The number of nitrogens with zero attached hydrogens (tertiary/aromatic N) is 1. The van der Waals surface area contributed by atoms with E-state index < -0.39 is 9.84 Å². The summed E-state index contributed by atoms with van der Waals surface area (Å²) in [6, 6.07) is 15.4. The van der Waals surface area contributed by atoms with E-state index in [1.807, 2.05) is 24.3 Å². The van der Waals surface area contributed by atoms with Crippen LogP contribution in [0.5, 0.6) is 0 Å². The number of rotatable bonds is 7.